The molecule has 2 N–H and O–H groups in total. The zero-order valence-electron chi connectivity index (χ0n) is 7.71. The first-order chi connectivity index (χ1) is 6.70. The molecule has 0 spiro atoms. The Morgan fingerprint density at radius 1 is 1.29 bits per heavy atom. The highest BCUT2D eigenvalue weighted by Gasteiger charge is 2.09. The van der Waals surface area contributed by atoms with E-state index in [1.807, 2.05) is 30.3 Å². The van der Waals surface area contributed by atoms with Gasteiger partial charge in [-0.3, -0.25) is 0 Å². The van der Waals surface area contributed by atoms with Gasteiger partial charge in [-0.2, -0.15) is 4.68 Å². The molecule has 5 heteroatoms. The predicted octanol–water partition coefficient (Wildman–Crippen LogP) is -0.0374. The molecule has 0 aliphatic rings. The van der Waals surface area contributed by atoms with Crippen molar-refractivity contribution in [1.82, 2.24) is 14.5 Å². The molecular formula is C9H10N4O. The van der Waals surface area contributed by atoms with Crippen LogP contribution in [0.15, 0.2) is 35.1 Å². The largest absolute Gasteiger partial charge is 0.364 e. The van der Waals surface area contributed by atoms with Crippen LogP contribution >= 0.6 is 0 Å². The SMILES string of the molecule is Cn1nc(-c2ccccc2)n(N)c1=O. The Balaban J connectivity index is 2.64. The number of nitrogen functional groups attached to an aromatic ring is 1. The van der Waals surface area contributed by atoms with Crippen LogP contribution in [0.1, 0.15) is 0 Å². The molecule has 1 aromatic heterocycles. The van der Waals surface area contributed by atoms with Crippen LogP contribution in [0.3, 0.4) is 0 Å². The van der Waals surface area contributed by atoms with E-state index in [2.05, 4.69) is 5.10 Å². The molecule has 0 unspecified atom stereocenters. The molecule has 0 aliphatic carbocycles. The molecule has 0 radical (unpaired) electrons. The summed E-state index contributed by atoms with van der Waals surface area (Å²) in [5.41, 5.74) is 0.497. The van der Waals surface area contributed by atoms with Crippen molar-refractivity contribution in [2.75, 3.05) is 5.84 Å². The Bertz CT molecular complexity index is 497. The van der Waals surface area contributed by atoms with Gasteiger partial charge in [0.25, 0.3) is 0 Å². The molecule has 14 heavy (non-hydrogen) atoms. The third-order valence-electron chi connectivity index (χ3n) is 1.99. The Hall–Kier alpha value is -2.04. The van der Waals surface area contributed by atoms with Crippen molar-refractivity contribution in [3.05, 3.63) is 40.8 Å². The van der Waals surface area contributed by atoms with Crippen LogP contribution in [0, 0.1) is 0 Å². The van der Waals surface area contributed by atoms with Crippen LogP contribution in [0.4, 0.5) is 0 Å². The monoisotopic (exact) mass is 190 g/mol. The van der Waals surface area contributed by atoms with E-state index in [4.69, 9.17) is 5.84 Å². The molecular weight excluding hydrogens is 180 g/mol. The smallest absolute Gasteiger partial charge is 0.333 e. The third kappa shape index (κ3) is 1.19. The first-order valence-corrected chi connectivity index (χ1v) is 4.16. The Labute approximate surface area is 80.4 Å². The average Bonchev–Trinajstić information content (AvgIpc) is 2.47. The van der Waals surface area contributed by atoms with Gasteiger partial charge in [-0.1, -0.05) is 30.3 Å². The number of benzene rings is 1. The Morgan fingerprint density at radius 3 is 2.43 bits per heavy atom. The molecule has 0 atom stereocenters. The van der Waals surface area contributed by atoms with Crippen LogP contribution in [-0.4, -0.2) is 14.5 Å². The summed E-state index contributed by atoms with van der Waals surface area (Å²) >= 11 is 0. The van der Waals surface area contributed by atoms with Gasteiger partial charge in [-0.05, 0) is 0 Å². The van der Waals surface area contributed by atoms with Crippen molar-refractivity contribution in [1.29, 1.82) is 0 Å². The predicted molar refractivity (Wildman–Crippen MR) is 53.1 cm³/mol. The van der Waals surface area contributed by atoms with Crippen molar-refractivity contribution in [2.45, 2.75) is 0 Å². The Kier molecular flexibility index (Phi) is 1.85. The molecule has 1 aromatic carbocycles. The number of nitrogens with two attached hydrogens (primary N) is 1. The molecule has 72 valence electrons. The maximum atomic E-state index is 11.3. The van der Waals surface area contributed by atoms with Crippen LogP contribution < -0.4 is 11.5 Å². The topological polar surface area (TPSA) is 65.8 Å². The minimum atomic E-state index is -0.330. The van der Waals surface area contributed by atoms with Crippen LogP contribution in [0.25, 0.3) is 11.4 Å². The summed E-state index contributed by atoms with van der Waals surface area (Å²) in [4.78, 5) is 11.3. The van der Waals surface area contributed by atoms with E-state index in [1.54, 1.807) is 7.05 Å². The first-order valence-electron chi connectivity index (χ1n) is 4.16. The average molecular weight is 190 g/mol. The fourth-order valence-electron chi connectivity index (χ4n) is 1.26. The lowest BCUT2D eigenvalue weighted by Crippen LogP contribution is -2.28. The maximum absolute atomic E-state index is 11.3. The molecule has 0 aliphatic heterocycles. The Morgan fingerprint density at radius 2 is 1.93 bits per heavy atom. The second-order valence-electron chi connectivity index (χ2n) is 2.97. The number of nitrogens with zero attached hydrogens (tertiary/aromatic N) is 3. The fourth-order valence-corrected chi connectivity index (χ4v) is 1.26. The highest BCUT2D eigenvalue weighted by Crippen LogP contribution is 2.12. The van der Waals surface area contributed by atoms with Crippen molar-refractivity contribution >= 4 is 0 Å². The summed E-state index contributed by atoms with van der Waals surface area (Å²) in [7, 11) is 1.57. The second kappa shape index (κ2) is 3.02. The van der Waals surface area contributed by atoms with E-state index in [-0.39, 0.29) is 5.69 Å². The zero-order valence-corrected chi connectivity index (χ0v) is 7.71. The minimum absolute atomic E-state index is 0.330. The van der Waals surface area contributed by atoms with E-state index in [0.717, 1.165) is 10.2 Å². The maximum Gasteiger partial charge on any atom is 0.364 e. The number of hydrogen-bond donors (Lipinski definition) is 1. The van der Waals surface area contributed by atoms with Gasteiger partial charge in [0, 0.05) is 12.6 Å². The van der Waals surface area contributed by atoms with Crippen molar-refractivity contribution < 1.29 is 0 Å². The number of rotatable bonds is 1. The molecule has 0 amide bonds. The fraction of sp³-hybridized carbons (Fsp3) is 0.111. The van der Waals surface area contributed by atoms with E-state index < -0.39 is 0 Å². The van der Waals surface area contributed by atoms with Crippen LogP contribution in [-0.2, 0) is 7.05 Å². The third-order valence-corrected chi connectivity index (χ3v) is 1.99. The summed E-state index contributed by atoms with van der Waals surface area (Å²) in [6, 6.07) is 9.34. The molecule has 0 bridgehead atoms. The van der Waals surface area contributed by atoms with Gasteiger partial charge in [-0.15, -0.1) is 5.10 Å². The standard InChI is InChI=1S/C9H10N4O/c1-12-9(14)13(10)8(11-12)7-5-3-2-4-6-7/h2-6H,10H2,1H3. The summed E-state index contributed by atoms with van der Waals surface area (Å²) in [6.07, 6.45) is 0. The molecule has 0 fully saturated rings. The van der Waals surface area contributed by atoms with Crippen LogP contribution in [0.2, 0.25) is 0 Å². The van der Waals surface area contributed by atoms with E-state index in [9.17, 15) is 4.79 Å². The van der Waals surface area contributed by atoms with Gasteiger partial charge >= 0.3 is 5.69 Å². The normalized spacial score (nSPS) is 10.4. The molecule has 0 saturated heterocycles. The molecule has 0 saturated carbocycles. The summed E-state index contributed by atoms with van der Waals surface area (Å²) in [6.45, 7) is 0. The summed E-state index contributed by atoms with van der Waals surface area (Å²) in [5.74, 6) is 6.03. The molecule has 1 heterocycles. The quantitative estimate of drug-likeness (QED) is 0.642. The number of aryl methyl sites for hydroxylation is 1. The van der Waals surface area contributed by atoms with E-state index in [1.165, 1.54) is 4.68 Å². The molecule has 2 rings (SSSR count). The van der Waals surface area contributed by atoms with Gasteiger partial charge in [0.05, 0.1) is 0 Å². The molecule has 2 aromatic rings. The summed E-state index contributed by atoms with van der Waals surface area (Å²) < 4.78 is 2.25. The highest BCUT2D eigenvalue weighted by molar-refractivity contribution is 5.54. The minimum Gasteiger partial charge on any atom is -0.333 e. The van der Waals surface area contributed by atoms with Gasteiger partial charge in [0.1, 0.15) is 0 Å². The lowest BCUT2D eigenvalue weighted by molar-refractivity contribution is 0.722. The number of hydrogen-bond acceptors (Lipinski definition) is 3. The lowest BCUT2D eigenvalue weighted by atomic mass is 10.2. The number of aromatic nitrogens is 3. The van der Waals surface area contributed by atoms with E-state index >= 15 is 0 Å². The van der Waals surface area contributed by atoms with Crippen LogP contribution in [0.5, 0.6) is 0 Å². The van der Waals surface area contributed by atoms with Gasteiger partial charge in [-0.25, -0.2) is 9.48 Å². The van der Waals surface area contributed by atoms with Crippen molar-refractivity contribution in [2.24, 2.45) is 7.05 Å². The van der Waals surface area contributed by atoms with Gasteiger partial charge < -0.3 is 5.84 Å². The van der Waals surface area contributed by atoms with E-state index in [0.29, 0.717) is 5.82 Å². The highest BCUT2D eigenvalue weighted by atomic mass is 16.2. The van der Waals surface area contributed by atoms with Gasteiger partial charge in [0.2, 0.25) is 0 Å². The zero-order chi connectivity index (χ0) is 10.1. The first kappa shape index (κ1) is 8.55. The van der Waals surface area contributed by atoms with Crippen molar-refractivity contribution in [3.63, 3.8) is 0 Å². The second-order valence-corrected chi connectivity index (χ2v) is 2.97. The van der Waals surface area contributed by atoms with Gasteiger partial charge in [0.15, 0.2) is 5.82 Å². The van der Waals surface area contributed by atoms with Crippen molar-refractivity contribution in [3.8, 4) is 11.4 Å². The molecule has 5 nitrogen and oxygen atoms in total. The lowest BCUT2D eigenvalue weighted by Gasteiger charge is -1.97. The summed E-state index contributed by atoms with van der Waals surface area (Å²) in [5, 5.41) is 4.02.